The summed E-state index contributed by atoms with van der Waals surface area (Å²) in [5, 5.41) is 0. The molecule has 3 aliphatic rings. The summed E-state index contributed by atoms with van der Waals surface area (Å²) in [5.41, 5.74) is 12.4. The third-order valence-corrected chi connectivity index (χ3v) is 9.92. The van der Waals surface area contributed by atoms with E-state index in [1.54, 1.807) is 0 Å². The van der Waals surface area contributed by atoms with Gasteiger partial charge in [-0.3, -0.25) is 4.79 Å². The molecule has 2 heterocycles. The number of fused-ring (bicyclic) bond motifs is 2. The summed E-state index contributed by atoms with van der Waals surface area (Å²) in [7, 11) is 0. The van der Waals surface area contributed by atoms with Gasteiger partial charge in [0.1, 0.15) is 6.54 Å². The number of ether oxygens (including phenoxy) is 1. The number of anilines is 1. The number of allylic oxidation sites excluding steroid dienone is 8. The second-order valence-corrected chi connectivity index (χ2v) is 13.9. The van der Waals surface area contributed by atoms with Gasteiger partial charge in [-0.1, -0.05) is 76.2 Å². The highest BCUT2D eigenvalue weighted by atomic mass is 16.5. The van der Waals surface area contributed by atoms with Gasteiger partial charge in [-0.2, -0.15) is 4.58 Å². The van der Waals surface area contributed by atoms with E-state index in [1.165, 1.54) is 57.6 Å². The summed E-state index contributed by atoms with van der Waals surface area (Å²) in [6.45, 7) is 17.9. The number of hydrogen-bond acceptors (Lipinski definition) is 3. The van der Waals surface area contributed by atoms with Gasteiger partial charge >= 0.3 is 5.97 Å². The molecule has 0 radical (unpaired) electrons. The van der Waals surface area contributed by atoms with E-state index in [1.807, 2.05) is 0 Å². The van der Waals surface area contributed by atoms with Crippen molar-refractivity contribution in [2.75, 3.05) is 24.6 Å². The van der Waals surface area contributed by atoms with Crippen molar-refractivity contribution in [3.63, 3.8) is 0 Å². The van der Waals surface area contributed by atoms with Gasteiger partial charge in [-0.05, 0) is 86.8 Å². The molecule has 238 valence electrons. The molecule has 2 aliphatic heterocycles. The standard InChI is InChI=1S/C41H53N2O2/c1-8-27-42-36-21-12-10-19-34(36)40(4,5)38(42)25-23-31-16-14-17-32(33(31)18-15-29-45-30(3)44)24-26-39-41(6,7)35-20-11-13-22-37(35)43(39)28-9-2/h10-13,19-26H,8-9,14-18,27-29H2,1-7H3/q+1. The van der Waals surface area contributed by atoms with E-state index in [0.717, 1.165) is 58.0 Å². The summed E-state index contributed by atoms with van der Waals surface area (Å²) < 4.78 is 7.89. The van der Waals surface area contributed by atoms with Crippen LogP contribution in [0, 0.1) is 0 Å². The van der Waals surface area contributed by atoms with Crippen LogP contribution in [0.2, 0.25) is 0 Å². The van der Waals surface area contributed by atoms with E-state index in [4.69, 9.17) is 4.74 Å². The molecule has 5 rings (SSSR count). The van der Waals surface area contributed by atoms with Crippen molar-refractivity contribution in [1.82, 2.24) is 0 Å². The minimum Gasteiger partial charge on any atom is -0.466 e. The van der Waals surface area contributed by atoms with E-state index in [-0.39, 0.29) is 16.8 Å². The van der Waals surface area contributed by atoms with Crippen molar-refractivity contribution >= 4 is 23.1 Å². The van der Waals surface area contributed by atoms with E-state index in [0.29, 0.717) is 6.61 Å². The molecular formula is C41H53N2O2+. The summed E-state index contributed by atoms with van der Waals surface area (Å²) in [6, 6.07) is 17.8. The zero-order valence-corrected chi connectivity index (χ0v) is 28.7. The van der Waals surface area contributed by atoms with Crippen molar-refractivity contribution < 1.29 is 14.1 Å². The molecule has 0 unspecified atom stereocenters. The smallest absolute Gasteiger partial charge is 0.302 e. The Morgan fingerprint density at radius 1 is 0.911 bits per heavy atom. The van der Waals surface area contributed by atoms with Crippen molar-refractivity contribution in [3.8, 4) is 0 Å². The number of carbonyl (C=O) groups is 1. The van der Waals surface area contributed by atoms with E-state index < -0.39 is 0 Å². The number of esters is 1. The van der Waals surface area contributed by atoms with Crippen molar-refractivity contribution in [1.29, 1.82) is 0 Å². The van der Waals surface area contributed by atoms with Gasteiger partial charge in [0, 0.05) is 54.4 Å². The Bertz CT molecular complexity index is 1580. The molecule has 4 heteroatoms. The summed E-state index contributed by atoms with van der Waals surface area (Å²) in [5.74, 6) is -0.206. The quantitative estimate of drug-likeness (QED) is 0.145. The van der Waals surface area contributed by atoms with Gasteiger partial charge in [-0.15, -0.1) is 0 Å². The monoisotopic (exact) mass is 605 g/mol. The van der Waals surface area contributed by atoms with E-state index in [9.17, 15) is 4.79 Å². The first kappa shape index (κ1) is 32.7. The molecule has 2 aromatic rings. The number of rotatable bonds is 11. The lowest BCUT2D eigenvalue weighted by molar-refractivity contribution is -0.437. The molecule has 45 heavy (non-hydrogen) atoms. The molecular weight excluding hydrogens is 552 g/mol. The fourth-order valence-electron chi connectivity index (χ4n) is 7.70. The first-order chi connectivity index (χ1) is 21.6. The molecule has 0 aromatic heterocycles. The minimum absolute atomic E-state index is 0.0537. The van der Waals surface area contributed by atoms with Crippen LogP contribution in [0.25, 0.3) is 0 Å². The molecule has 4 nitrogen and oxygen atoms in total. The normalized spacial score (nSPS) is 20.5. The van der Waals surface area contributed by atoms with Crippen molar-refractivity contribution in [2.24, 2.45) is 0 Å². The topological polar surface area (TPSA) is 32.5 Å². The number of nitrogens with zero attached hydrogens (tertiary/aromatic N) is 2. The second-order valence-electron chi connectivity index (χ2n) is 13.9. The third kappa shape index (κ3) is 6.52. The average molecular weight is 606 g/mol. The Kier molecular flexibility index (Phi) is 10.0. The predicted octanol–water partition coefficient (Wildman–Crippen LogP) is 9.87. The van der Waals surface area contributed by atoms with Gasteiger partial charge < -0.3 is 9.64 Å². The van der Waals surface area contributed by atoms with Crippen LogP contribution in [-0.2, 0) is 20.4 Å². The zero-order valence-electron chi connectivity index (χ0n) is 28.7. The molecule has 0 bridgehead atoms. The van der Waals surface area contributed by atoms with Gasteiger partial charge in [-0.25, -0.2) is 0 Å². The maximum Gasteiger partial charge on any atom is 0.302 e. The fraction of sp³-hybridized carbons (Fsp3) is 0.463. The molecule has 0 amide bonds. The maximum absolute atomic E-state index is 11.5. The Balaban J connectivity index is 1.55. The molecule has 0 fully saturated rings. The molecule has 0 saturated carbocycles. The van der Waals surface area contributed by atoms with Gasteiger partial charge in [0.2, 0.25) is 5.69 Å². The SMILES string of the molecule is CCCN1/C(=C/C=C2\CCCC(/C=C/C3=[N+](CCC)c4ccccc4C3(C)C)=C2CCCOC(C)=O)C(C)(C)c2ccccc21. The van der Waals surface area contributed by atoms with E-state index in [2.05, 4.69) is 124 Å². The number of para-hydroxylation sites is 2. The highest BCUT2D eigenvalue weighted by Gasteiger charge is 2.44. The third-order valence-electron chi connectivity index (χ3n) is 9.92. The largest absolute Gasteiger partial charge is 0.466 e. The highest BCUT2D eigenvalue weighted by Crippen LogP contribution is 2.48. The van der Waals surface area contributed by atoms with Crippen LogP contribution in [0.4, 0.5) is 11.4 Å². The lowest BCUT2D eigenvalue weighted by atomic mass is 9.80. The van der Waals surface area contributed by atoms with Crippen LogP contribution < -0.4 is 4.90 Å². The Morgan fingerprint density at radius 3 is 2.38 bits per heavy atom. The Labute approximate surface area is 271 Å². The van der Waals surface area contributed by atoms with Crippen LogP contribution in [-0.4, -0.2) is 36.0 Å². The predicted molar refractivity (Wildman–Crippen MR) is 189 cm³/mol. The van der Waals surface area contributed by atoms with Gasteiger partial charge in [0.15, 0.2) is 5.71 Å². The van der Waals surface area contributed by atoms with E-state index >= 15 is 0 Å². The van der Waals surface area contributed by atoms with Gasteiger partial charge in [0.05, 0.1) is 12.0 Å². The average Bonchev–Trinajstić information content (AvgIpc) is 3.36. The molecule has 0 saturated heterocycles. The van der Waals surface area contributed by atoms with Gasteiger partial charge in [0.25, 0.3) is 0 Å². The summed E-state index contributed by atoms with van der Waals surface area (Å²) in [4.78, 5) is 14.0. The highest BCUT2D eigenvalue weighted by molar-refractivity contribution is 6.03. The van der Waals surface area contributed by atoms with Crippen LogP contribution in [0.5, 0.6) is 0 Å². The lowest BCUT2D eigenvalue weighted by Crippen LogP contribution is -2.28. The number of carbonyl (C=O) groups excluding carboxylic acids is 1. The molecule has 1 aliphatic carbocycles. The van der Waals surface area contributed by atoms with Crippen LogP contribution in [0.1, 0.15) is 105 Å². The first-order valence-corrected chi connectivity index (χ1v) is 17.2. The summed E-state index contributed by atoms with van der Waals surface area (Å²) in [6.07, 6.45) is 16.8. The first-order valence-electron chi connectivity index (χ1n) is 17.2. The molecule has 2 aromatic carbocycles. The van der Waals surface area contributed by atoms with Crippen molar-refractivity contribution in [2.45, 2.75) is 104 Å². The number of hydrogen-bond donors (Lipinski definition) is 0. The number of benzene rings is 2. The maximum atomic E-state index is 11.5. The van der Waals surface area contributed by atoms with Crippen LogP contribution in [0.15, 0.2) is 95.3 Å². The van der Waals surface area contributed by atoms with Crippen molar-refractivity contribution in [3.05, 3.63) is 106 Å². The fourth-order valence-corrected chi connectivity index (χ4v) is 7.70. The van der Waals surface area contributed by atoms with Crippen LogP contribution >= 0.6 is 0 Å². The Morgan fingerprint density at radius 2 is 1.64 bits per heavy atom. The Hall–Kier alpha value is -3.66. The van der Waals surface area contributed by atoms with Crippen LogP contribution in [0.3, 0.4) is 0 Å². The molecule has 0 atom stereocenters. The minimum atomic E-state index is -0.206. The summed E-state index contributed by atoms with van der Waals surface area (Å²) >= 11 is 0. The second kappa shape index (κ2) is 13.8. The molecule has 0 spiro atoms. The molecule has 0 N–H and O–H groups in total. The lowest BCUT2D eigenvalue weighted by Gasteiger charge is -2.27. The zero-order chi connectivity index (χ0) is 32.2.